The molecule has 2 aromatic carbocycles. The van der Waals surface area contributed by atoms with Gasteiger partial charge in [-0.2, -0.15) is 0 Å². The summed E-state index contributed by atoms with van der Waals surface area (Å²) in [5.41, 5.74) is 6.34. The summed E-state index contributed by atoms with van der Waals surface area (Å²) < 4.78 is 50.2. The molecule has 2 aromatic rings. The summed E-state index contributed by atoms with van der Waals surface area (Å²) in [6.07, 6.45) is 2.04. The Morgan fingerprint density at radius 3 is 2.10 bits per heavy atom. The third-order valence-corrected chi connectivity index (χ3v) is 25.0. The Bertz CT molecular complexity index is 1290. The van der Waals surface area contributed by atoms with Gasteiger partial charge in [-0.15, -0.1) is 0 Å². The van der Waals surface area contributed by atoms with E-state index < -0.39 is 34.9 Å². The molecule has 31 heavy (non-hydrogen) atoms. The zero-order chi connectivity index (χ0) is 22.9. The Morgan fingerprint density at radius 1 is 0.871 bits per heavy atom. The summed E-state index contributed by atoms with van der Waals surface area (Å²) in [4.78, 5) is 0. The van der Waals surface area contributed by atoms with E-state index >= 15 is 0 Å². The van der Waals surface area contributed by atoms with Crippen molar-refractivity contribution in [1.29, 1.82) is 0 Å². The first kappa shape index (κ1) is 22.7. The monoisotopic (exact) mass is 516 g/mol. The Morgan fingerprint density at radius 2 is 1.48 bits per heavy atom. The van der Waals surface area contributed by atoms with Gasteiger partial charge in [0.1, 0.15) is 0 Å². The van der Waals surface area contributed by atoms with Crippen molar-refractivity contribution in [3.8, 4) is 0 Å². The molecule has 0 saturated heterocycles. The number of fused-ring (bicyclic) bond motifs is 1. The first-order valence-corrected chi connectivity index (χ1v) is 24.2. The molecule has 0 N–H and O–H groups in total. The van der Waals surface area contributed by atoms with Gasteiger partial charge >= 0.3 is 186 Å². The molecule has 162 valence electrons. The van der Waals surface area contributed by atoms with E-state index in [2.05, 4.69) is 49.9 Å². The molecule has 0 saturated carbocycles. The second-order valence-corrected chi connectivity index (χ2v) is 39.8. The minimum absolute atomic E-state index is 0.0964. The standard InChI is InChI=1S/C15H8F3.C9H13.2CH3.H2Si.Zr/c16-12-7-8-13(17)15(18)14(12)11-6-5-9-3-1-2-4-10(9)11;1-6-5-7(2)9(4)8(6)3;;;;/h1-8H;6H,1-4H3;2*1H3;1H2;. The fraction of sp³-hybridized carbons (Fsp3) is 0.308. The van der Waals surface area contributed by atoms with Gasteiger partial charge in [-0.25, -0.2) is 0 Å². The maximum atomic E-state index is 14.8. The van der Waals surface area contributed by atoms with Crippen LogP contribution < -0.4 is 0 Å². The summed E-state index contributed by atoms with van der Waals surface area (Å²) >= 11 is -3.69. The van der Waals surface area contributed by atoms with Crippen molar-refractivity contribution in [2.45, 2.75) is 40.6 Å². The summed E-state index contributed by atoms with van der Waals surface area (Å²) in [6.45, 7) is 11.1. The van der Waals surface area contributed by atoms with Crippen LogP contribution in [-0.4, -0.2) is 6.88 Å². The van der Waals surface area contributed by atoms with Crippen LogP contribution in [0.5, 0.6) is 0 Å². The van der Waals surface area contributed by atoms with Gasteiger partial charge in [0.2, 0.25) is 0 Å². The van der Waals surface area contributed by atoms with Crippen molar-refractivity contribution in [2.75, 3.05) is 0 Å². The summed E-state index contributed by atoms with van der Waals surface area (Å²) in [5.74, 6) is -2.47. The second kappa shape index (κ2) is 7.28. The second-order valence-electron chi connectivity index (χ2n) is 10.2. The average molecular weight is 518 g/mol. The Hall–Kier alpha value is -1.45. The van der Waals surface area contributed by atoms with Gasteiger partial charge in [0, 0.05) is 0 Å². The molecular weight excluding hydrogens is 489 g/mol. The Labute approximate surface area is 185 Å². The van der Waals surface area contributed by atoms with Gasteiger partial charge in [-0.05, 0) is 0 Å². The first-order valence-electron chi connectivity index (χ1n) is 10.8. The minimum atomic E-state index is -3.69. The predicted molar refractivity (Wildman–Crippen MR) is 123 cm³/mol. The number of hydrogen-bond acceptors (Lipinski definition) is 0. The molecule has 0 aliphatic heterocycles. The van der Waals surface area contributed by atoms with Crippen LogP contribution in [0.15, 0.2) is 62.5 Å². The zero-order valence-corrected chi connectivity index (χ0v) is 22.9. The maximum absolute atomic E-state index is 14.8. The molecule has 0 amide bonds. The third kappa shape index (κ3) is 3.26. The molecule has 2 unspecified atom stereocenters. The van der Waals surface area contributed by atoms with E-state index in [0.717, 1.165) is 23.3 Å². The van der Waals surface area contributed by atoms with E-state index in [1.807, 2.05) is 24.3 Å². The van der Waals surface area contributed by atoms with E-state index in [-0.39, 0.29) is 9.19 Å². The Balaban J connectivity index is 1.99. The molecule has 0 nitrogen and oxygen atoms in total. The van der Waals surface area contributed by atoms with Crippen LogP contribution in [0.1, 0.15) is 48.0 Å². The van der Waals surface area contributed by atoms with Crippen LogP contribution in [0, 0.1) is 23.4 Å². The fourth-order valence-corrected chi connectivity index (χ4v) is 24.5. The van der Waals surface area contributed by atoms with Crippen LogP contribution in [0.3, 0.4) is 0 Å². The third-order valence-electron chi connectivity index (χ3n) is 7.76. The summed E-state index contributed by atoms with van der Waals surface area (Å²) in [7, 11) is 0. The van der Waals surface area contributed by atoms with E-state index in [4.69, 9.17) is 0 Å². The van der Waals surface area contributed by atoms with E-state index in [1.165, 1.54) is 16.7 Å². The zero-order valence-electron chi connectivity index (χ0n) is 19.0. The van der Waals surface area contributed by atoms with Gasteiger partial charge in [0.25, 0.3) is 0 Å². The molecule has 0 radical (unpaired) electrons. The van der Waals surface area contributed by atoms with Gasteiger partial charge in [-0.1, -0.05) is 0 Å². The van der Waals surface area contributed by atoms with Gasteiger partial charge in [0.15, 0.2) is 0 Å². The van der Waals surface area contributed by atoms with E-state index in [0.29, 0.717) is 11.5 Å². The van der Waals surface area contributed by atoms with Gasteiger partial charge in [0.05, 0.1) is 0 Å². The van der Waals surface area contributed by atoms with E-state index in [9.17, 15) is 13.2 Å². The number of halogens is 3. The normalized spacial score (nSPS) is 21.7. The molecule has 0 aromatic heterocycles. The van der Waals surface area contributed by atoms with Crippen molar-refractivity contribution in [1.82, 2.24) is 0 Å². The Kier molecular flexibility index (Phi) is 5.34. The predicted octanol–water partition coefficient (Wildman–Crippen LogP) is 7.18. The average Bonchev–Trinajstić information content (AvgIpc) is 3.18. The number of rotatable bonds is 3. The molecule has 0 fully saturated rings. The van der Waals surface area contributed by atoms with Crippen LogP contribution in [0.25, 0.3) is 5.57 Å². The van der Waals surface area contributed by atoms with Crippen LogP contribution in [-0.2, 0) is 17.4 Å². The fourth-order valence-electron chi connectivity index (χ4n) is 5.98. The van der Waals surface area contributed by atoms with Crippen molar-refractivity contribution in [3.05, 3.63) is 96.6 Å². The van der Waals surface area contributed by atoms with Crippen molar-refractivity contribution >= 4 is 12.5 Å². The van der Waals surface area contributed by atoms with Crippen LogP contribution >= 0.6 is 0 Å². The van der Waals surface area contributed by atoms with Crippen molar-refractivity contribution in [3.63, 3.8) is 0 Å². The SMILES string of the molecule is CC1=C(C)C(C)[C]([Zr]([CH3])([CH3])(=[SiH2])[CH]2C=C(c3c(F)ccc(F)c3F)c3ccccc32)=C1C. The van der Waals surface area contributed by atoms with Crippen molar-refractivity contribution in [2.24, 2.45) is 5.92 Å². The molecule has 2 atom stereocenters. The number of hydrogen-bond donors (Lipinski definition) is 0. The van der Waals surface area contributed by atoms with Gasteiger partial charge < -0.3 is 0 Å². The molecule has 5 heteroatoms. The molecule has 2 aliphatic rings. The summed E-state index contributed by atoms with van der Waals surface area (Å²) in [6, 6.07) is 9.73. The van der Waals surface area contributed by atoms with Crippen LogP contribution in [0.2, 0.25) is 9.26 Å². The molecule has 4 rings (SSSR count). The number of allylic oxidation sites excluding steroid dienone is 5. The summed E-state index contributed by atoms with van der Waals surface area (Å²) in [5, 5.41) is 0. The van der Waals surface area contributed by atoms with E-state index in [1.54, 1.807) is 3.28 Å². The van der Waals surface area contributed by atoms with Gasteiger partial charge in [-0.3, -0.25) is 0 Å². The molecule has 2 aliphatic carbocycles. The quantitative estimate of drug-likeness (QED) is 0.299. The first-order chi connectivity index (χ1) is 14.3. The van der Waals surface area contributed by atoms with Crippen molar-refractivity contribution < 1.29 is 30.6 Å². The molecule has 0 heterocycles. The molecule has 0 bridgehead atoms. The molecular formula is C26H29F3SiZr. The molecule has 0 spiro atoms. The topological polar surface area (TPSA) is 0 Å². The van der Waals surface area contributed by atoms with Crippen LogP contribution in [0.4, 0.5) is 13.2 Å². The number of benzene rings is 2.